The molecule has 0 unspecified atom stereocenters. The van der Waals surface area contributed by atoms with Crippen molar-refractivity contribution in [2.75, 3.05) is 6.61 Å². The molecule has 0 spiro atoms. The Bertz CT molecular complexity index is 791. The second kappa shape index (κ2) is 6.96. The highest BCUT2D eigenvalue weighted by molar-refractivity contribution is 7.87. The molecule has 8 heteroatoms. The predicted molar refractivity (Wildman–Crippen MR) is 86.9 cm³/mol. The van der Waals surface area contributed by atoms with E-state index in [9.17, 15) is 8.42 Å². The average molecular weight is 382 g/mol. The number of rotatable bonds is 5. The lowest BCUT2D eigenvalue weighted by molar-refractivity contribution is 0.329. The zero-order valence-corrected chi connectivity index (χ0v) is 14.4. The van der Waals surface area contributed by atoms with Crippen LogP contribution >= 0.6 is 34.8 Å². The van der Waals surface area contributed by atoms with Crippen LogP contribution in [0.3, 0.4) is 0 Å². The van der Waals surface area contributed by atoms with Crippen molar-refractivity contribution < 1.29 is 17.3 Å². The highest BCUT2D eigenvalue weighted by atomic mass is 35.5. The lowest BCUT2D eigenvalue weighted by atomic mass is 10.3. The van der Waals surface area contributed by atoms with Crippen molar-refractivity contribution in [1.82, 2.24) is 0 Å². The Labute approximate surface area is 143 Å². The largest absolute Gasteiger partial charge is 0.492 e. The fourth-order valence-corrected chi connectivity index (χ4v) is 3.37. The highest BCUT2D eigenvalue weighted by Crippen LogP contribution is 2.33. The molecular weight excluding hydrogens is 371 g/mol. The Morgan fingerprint density at radius 1 is 0.955 bits per heavy atom. The van der Waals surface area contributed by atoms with Gasteiger partial charge in [-0.1, -0.05) is 34.8 Å². The van der Waals surface area contributed by atoms with E-state index in [2.05, 4.69) is 0 Å². The zero-order chi connectivity index (χ0) is 16.3. The summed E-state index contributed by atoms with van der Waals surface area (Å²) in [6, 6.07) is 8.51. The molecule has 0 saturated carbocycles. The minimum absolute atomic E-state index is 0.0726. The van der Waals surface area contributed by atoms with Crippen LogP contribution in [0.1, 0.15) is 6.92 Å². The van der Waals surface area contributed by atoms with Gasteiger partial charge in [0, 0.05) is 16.1 Å². The summed E-state index contributed by atoms with van der Waals surface area (Å²) in [4.78, 5) is -0.183. The van der Waals surface area contributed by atoms with E-state index < -0.39 is 10.1 Å². The molecule has 0 atom stereocenters. The first-order chi connectivity index (χ1) is 10.3. The smallest absolute Gasteiger partial charge is 0.343 e. The van der Waals surface area contributed by atoms with Gasteiger partial charge < -0.3 is 8.92 Å². The molecule has 0 aliphatic heterocycles. The van der Waals surface area contributed by atoms with E-state index in [1.807, 2.05) is 0 Å². The summed E-state index contributed by atoms with van der Waals surface area (Å²) in [5.74, 6) is 0.0710. The molecule has 2 aromatic rings. The third kappa shape index (κ3) is 3.98. The summed E-state index contributed by atoms with van der Waals surface area (Å²) in [5.41, 5.74) is 0. The van der Waals surface area contributed by atoms with Crippen LogP contribution in [0.15, 0.2) is 41.3 Å². The Morgan fingerprint density at radius 2 is 1.59 bits per heavy atom. The third-order valence-corrected chi connectivity index (χ3v) is 4.61. The summed E-state index contributed by atoms with van der Waals surface area (Å²) < 4.78 is 35.3. The van der Waals surface area contributed by atoms with Crippen LogP contribution < -0.4 is 8.92 Å². The van der Waals surface area contributed by atoms with Crippen LogP contribution in [0.4, 0.5) is 0 Å². The van der Waals surface area contributed by atoms with Crippen molar-refractivity contribution in [3.8, 4) is 11.5 Å². The molecule has 0 aliphatic rings. The van der Waals surface area contributed by atoms with Crippen molar-refractivity contribution in [2.24, 2.45) is 0 Å². The molecule has 0 aromatic heterocycles. The quantitative estimate of drug-likeness (QED) is 0.697. The van der Waals surface area contributed by atoms with E-state index in [0.29, 0.717) is 11.6 Å². The monoisotopic (exact) mass is 380 g/mol. The van der Waals surface area contributed by atoms with Crippen molar-refractivity contribution in [3.63, 3.8) is 0 Å². The van der Waals surface area contributed by atoms with Crippen LogP contribution in [0.2, 0.25) is 15.1 Å². The summed E-state index contributed by atoms with van der Waals surface area (Å²) in [7, 11) is -4.18. The van der Waals surface area contributed by atoms with Gasteiger partial charge in [0.2, 0.25) is 0 Å². The van der Waals surface area contributed by atoms with Gasteiger partial charge in [0.15, 0.2) is 5.75 Å². The maximum absolute atomic E-state index is 12.5. The summed E-state index contributed by atoms with van der Waals surface area (Å²) in [6.45, 7) is 2.03. The molecule has 2 rings (SSSR count). The van der Waals surface area contributed by atoms with Gasteiger partial charge in [0.25, 0.3) is 0 Å². The normalized spacial score (nSPS) is 11.3. The molecule has 2 aromatic carbocycles. The van der Waals surface area contributed by atoms with Crippen molar-refractivity contribution in [3.05, 3.63) is 51.5 Å². The molecule has 0 amide bonds. The minimum Gasteiger partial charge on any atom is -0.492 e. The number of hydrogen-bond donors (Lipinski definition) is 0. The minimum atomic E-state index is -4.18. The van der Waals surface area contributed by atoms with Crippen molar-refractivity contribution in [2.45, 2.75) is 11.8 Å². The maximum Gasteiger partial charge on any atom is 0.343 e. The van der Waals surface area contributed by atoms with E-state index in [0.717, 1.165) is 0 Å². The molecule has 0 N–H and O–H groups in total. The molecule has 0 radical (unpaired) electrons. The van der Waals surface area contributed by atoms with Gasteiger partial charge in [-0.15, -0.1) is 0 Å². The van der Waals surface area contributed by atoms with Crippen LogP contribution in [-0.4, -0.2) is 15.0 Å². The topological polar surface area (TPSA) is 52.6 Å². The van der Waals surface area contributed by atoms with Gasteiger partial charge >= 0.3 is 10.1 Å². The van der Waals surface area contributed by atoms with Crippen molar-refractivity contribution >= 4 is 44.9 Å². The Morgan fingerprint density at radius 3 is 2.27 bits per heavy atom. The third-order valence-electron chi connectivity index (χ3n) is 2.57. The van der Waals surface area contributed by atoms with Crippen LogP contribution in [0.5, 0.6) is 11.5 Å². The first-order valence-corrected chi connectivity index (χ1v) is 8.69. The Kier molecular flexibility index (Phi) is 5.45. The zero-order valence-electron chi connectivity index (χ0n) is 11.3. The van der Waals surface area contributed by atoms with E-state index >= 15 is 0 Å². The molecule has 22 heavy (non-hydrogen) atoms. The number of benzene rings is 2. The predicted octanol–water partition coefficient (Wildman–Crippen LogP) is 4.81. The van der Waals surface area contributed by atoms with Crippen molar-refractivity contribution in [1.29, 1.82) is 0 Å². The molecule has 4 nitrogen and oxygen atoms in total. The van der Waals surface area contributed by atoms with Gasteiger partial charge in [0.05, 0.1) is 11.6 Å². The molecule has 0 bridgehead atoms. The second-order valence-corrected chi connectivity index (χ2v) is 6.93. The van der Waals surface area contributed by atoms with Crippen LogP contribution in [0, 0.1) is 0 Å². The molecule has 118 valence electrons. The summed E-state index contributed by atoms with van der Waals surface area (Å²) >= 11 is 17.6. The SMILES string of the molecule is CCOc1ccc(Cl)cc1S(=O)(=O)Oc1cc(Cl)ccc1Cl. The fraction of sp³-hybridized carbons (Fsp3) is 0.143. The highest BCUT2D eigenvalue weighted by Gasteiger charge is 2.24. The molecule has 0 saturated heterocycles. The number of halogens is 3. The maximum atomic E-state index is 12.5. The first-order valence-electron chi connectivity index (χ1n) is 6.15. The standard InChI is InChI=1S/C14H11Cl3O4S/c1-2-20-12-6-4-10(16)8-14(12)22(18,19)21-13-7-9(15)3-5-11(13)17/h3-8H,2H2,1H3. The van der Waals surface area contributed by atoms with Crippen LogP contribution in [-0.2, 0) is 10.1 Å². The van der Waals surface area contributed by atoms with E-state index in [1.165, 1.54) is 36.4 Å². The first kappa shape index (κ1) is 17.2. The van der Waals surface area contributed by atoms with Gasteiger partial charge in [-0.05, 0) is 37.3 Å². The van der Waals surface area contributed by atoms with E-state index in [4.69, 9.17) is 43.7 Å². The van der Waals surface area contributed by atoms with Gasteiger partial charge in [-0.25, -0.2) is 0 Å². The van der Waals surface area contributed by atoms with Gasteiger partial charge in [-0.3, -0.25) is 0 Å². The molecular formula is C14H11Cl3O4S. The summed E-state index contributed by atoms with van der Waals surface area (Å²) in [6.07, 6.45) is 0. The summed E-state index contributed by atoms with van der Waals surface area (Å²) in [5, 5.41) is 0.654. The Balaban J connectivity index is 2.46. The van der Waals surface area contributed by atoms with E-state index in [-0.39, 0.29) is 26.4 Å². The second-order valence-electron chi connectivity index (χ2n) is 4.14. The molecule has 0 heterocycles. The molecule has 0 aliphatic carbocycles. The fourth-order valence-electron chi connectivity index (χ4n) is 1.66. The van der Waals surface area contributed by atoms with Gasteiger partial charge in [0.1, 0.15) is 10.6 Å². The Hall–Kier alpha value is -1.14. The number of hydrogen-bond acceptors (Lipinski definition) is 4. The van der Waals surface area contributed by atoms with Crippen LogP contribution in [0.25, 0.3) is 0 Å². The van der Waals surface area contributed by atoms with E-state index in [1.54, 1.807) is 6.92 Å². The molecule has 0 fully saturated rings. The number of ether oxygens (including phenoxy) is 1. The average Bonchev–Trinajstić information content (AvgIpc) is 2.45. The lowest BCUT2D eigenvalue weighted by Crippen LogP contribution is -2.12. The lowest BCUT2D eigenvalue weighted by Gasteiger charge is -2.13. The van der Waals surface area contributed by atoms with Gasteiger partial charge in [-0.2, -0.15) is 8.42 Å².